The number of piperidine rings is 1. The predicted molar refractivity (Wildman–Crippen MR) is 130 cm³/mol. The van der Waals surface area contributed by atoms with Crippen molar-refractivity contribution in [1.82, 2.24) is 4.90 Å². The van der Waals surface area contributed by atoms with Crippen molar-refractivity contribution < 1.29 is 9.59 Å². The molecule has 1 saturated heterocycles. The molecule has 0 unspecified atom stereocenters. The first-order valence-electron chi connectivity index (χ1n) is 13.2. The predicted octanol–water partition coefficient (Wildman–Crippen LogP) is 6.07. The number of anilines is 1. The normalized spacial score (nSPS) is 39.9. The van der Waals surface area contributed by atoms with Crippen molar-refractivity contribution in [2.24, 2.45) is 34.5 Å². The van der Waals surface area contributed by atoms with Crippen molar-refractivity contribution in [3.8, 4) is 0 Å². The van der Waals surface area contributed by atoms with E-state index in [1.54, 1.807) is 0 Å². The molecule has 0 aromatic heterocycles. The van der Waals surface area contributed by atoms with Gasteiger partial charge in [0.1, 0.15) is 0 Å². The summed E-state index contributed by atoms with van der Waals surface area (Å²) < 4.78 is 0. The molecule has 0 radical (unpaired) electrons. The molecule has 4 fully saturated rings. The van der Waals surface area contributed by atoms with Crippen molar-refractivity contribution in [3.63, 3.8) is 0 Å². The molecule has 1 aromatic carbocycles. The smallest absolute Gasteiger partial charge is 0.228 e. The molecule has 1 aliphatic heterocycles. The summed E-state index contributed by atoms with van der Waals surface area (Å²) in [5.74, 6) is 2.55. The second-order valence-electron chi connectivity index (χ2n) is 12.1. The fourth-order valence-corrected chi connectivity index (χ4v) is 8.50. The number of carbonyl (C=O) groups excluding carboxylic acids is 2. The molecule has 6 atom stereocenters. The number of carbonyl (C=O) groups is 2. The molecule has 1 heterocycles. The number of allylic oxidation sites excluding steroid dienone is 2. The van der Waals surface area contributed by atoms with E-state index in [1.165, 1.54) is 30.5 Å². The maximum atomic E-state index is 13.4. The van der Waals surface area contributed by atoms with Gasteiger partial charge in [0.2, 0.25) is 11.8 Å². The van der Waals surface area contributed by atoms with Crippen LogP contribution in [0.3, 0.4) is 0 Å². The molecule has 4 nitrogen and oxygen atoms in total. The lowest BCUT2D eigenvalue weighted by Gasteiger charge is -2.58. The second kappa shape index (κ2) is 7.45. The van der Waals surface area contributed by atoms with Crippen LogP contribution in [0.2, 0.25) is 0 Å². The van der Waals surface area contributed by atoms with Crippen LogP contribution in [0.5, 0.6) is 0 Å². The third-order valence-corrected chi connectivity index (χ3v) is 10.3. The molecule has 0 bridgehead atoms. The van der Waals surface area contributed by atoms with Crippen LogP contribution in [0.25, 0.3) is 0 Å². The summed E-state index contributed by atoms with van der Waals surface area (Å²) in [5.41, 5.74) is 3.66. The minimum Gasteiger partial charge on any atom is -0.326 e. The minimum atomic E-state index is 0.0808. The van der Waals surface area contributed by atoms with Crippen molar-refractivity contribution >= 4 is 17.5 Å². The number of nitrogens with one attached hydrogen (secondary N) is 1. The molecular weight excluding hydrogens is 408 g/mol. The van der Waals surface area contributed by atoms with Gasteiger partial charge >= 0.3 is 0 Å². The zero-order valence-corrected chi connectivity index (χ0v) is 20.4. The zero-order chi connectivity index (χ0) is 23.0. The average molecular weight is 447 g/mol. The Morgan fingerprint density at radius 1 is 1.06 bits per heavy atom. The van der Waals surface area contributed by atoms with E-state index in [0.717, 1.165) is 37.8 Å². The molecular formula is C29H38N2O2. The Morgan fingerprint density at radius 2 is 1.88 bits per heavy atom. The van der Waals surface area contributed by atoms with Gasteiger partial charge in [0.05, 0.1) is 0 Å². The van der Waals surface area contributed by atoms with Crippen molar-refractivity contribution in [1.29, 1.82) is 0 Å². The minimum absolute atomic E-state index is 0.0808. The van der Waals surface area contributed by atoms with Crippen LogP contribution >= 0.6 is 0 Å². The number of amides is 2. The van der Waals surface area contributed by atoms with Gasteiger partial charge in [-0.05, 0) is 99.2 Å². The summed E-state index contributed by atoms with van der Waals surface area (Å²) in [6.07, 6.45) is 12.1. The largest absolute Gasteiger partial charge is 0.326 e. The number of likely N-dealkylation sites (tertiary alicyclic amines) is 1. The Bertz CT molecular complexity index is 1030. The Morgan fingerprint density at radius 3 is 2.64 bits per heavy atom. The van der Waals surface area contributed by atoms with Gasteiger partial charge in [-0.1, -0.05) is 32.1 Å². The number of rotatable bonds is 3. The Labute approximate surface area is 198 Å². The maximum Gasteiger partial charge on any atom is 0.228 e. The van der Waals surface area contributed by atoms with E-state index in [4.69, 9.17) is 0 Å². The summed E-state index contributed by atoms with van der Waals surface area (Å²) >= 11 is 0. The van der Waals surface area contributed by atoms with Gasteiger partial charge in [-0.15, -0.1) is 0 Å². The lowest BCUT2D eigenvalue weighted by molar-refractivity contribution is -0.139. The van der Waals surface area contributed by atoms with E-state index in [1.807, 2.05) is 12.1 Å². The first-order chi connectivity index (χ1) is 15.8. The van der Waals surface area contributed by atoms with Gasteiger partial charge in [-0.2, -0.15) is 0 Å². The Kier molecular flexibility index (Phi) is 4.84. The van der Waals surface area contributed by atoms with Gasteiger partial charge in [0, 0.05) is 35.2 Å². The summed E-state index contributed by atoms with van der Waals surface area (Å²) in [7, 11) is 0. The van der Waals surface area contributed by atoms with Crippen LogP contribution in [0, 0.1) is 41.4 Å². The monoisotopic (exact) mass is 446 g/mol. The number of fused-ring (bicyclic) bond motifs is 5. The summed E-state index contributed by atoms with van der Waals surface area (Å²) in [6, 6.07) is 8.62. The van der Waals surface area contributed by atoms with Crippen molar-refractivity contribution in [2.75, 3.05) is 5.32 Å². The van der Waals surface area contributed by atoms with Crippen LogP contribution in [0.15, 0.2) is 36.0 Å². The topological polar surface area (TPSA) is 49.4 Å². The van der Waals surface area contributed by atoms with Gasteiger partial charge in [0.25, 0.3) is 0 Å². The Balaban J connectivity index is 1.25. The van der Waals surface area contributed by atoms with Gasteiger partial charge in [-0.3, -0.25) is 9.59 Å². The van der Waals surface area contributed by atoms with Gasteiger partial charge < -0.3 is 10.2 Å². The highest BCUT2D eigenvalue weighted by molar-refractivity contribution is 5.93. The molecule has 4 heteroatoms. The van der Waals surface area contributed by atoms with E-state index in [0.29, 0.717) is 36.1 Å². The van der Waals surface area contributed by atoms with E-state index >= 15 is 0 Å². The second-order valence-corrected chi connectivity index (χ2v) is 12.1. The summed E-state index contributed by atoms with van der Waals surface area (Å²) in [5, 5.41) is 3.24. The van der Waals surface area contributed by atoms with Crippen molar-refractivity contribution in [3.05, 3.63) is 41.6 Å². The molecule has 2 amide bonds. The highest BCUT2D eigenvalue weighted by Gasteiger charge is 2.61. The number of benzene rings is 1. The highest BCUT2D eigenvalue weighted by Crippen LogP contribution is 2.66. The molecule has 4 aliphatic carbocycles. The SMILES string of the molecule is Cc1cccc(NC(=O)[C@H]2CC[C@H]3[C@@H]4CC=C5N(C6CC6)C(=O)CC[C@]5(C)[C@H]4CC[C@]23C)c1. The Hall–Kier alpha value is -2.10. The highest BCUT2D eigenvalue weighted by atomic mass is 16.2. The van der Waals surface area contributed by atoms with E-state index < -0.39 is 0 Å². The molecule has 1 aromatic rings. The third-order valence-electron chi connectivity index (χ3n) is 10.3. The quantitative estimate of drug-likeness (QED) is 0.612. The fraction of sp³-hybridized carbons (Fsp3) is 0.655. The summed E-state index contributed by atoms with van der Waals surface area (Å²) in [6.45, 7) is 6.93. The standard InChI is InChI=1S/C29H38N2O2/c1-18-5-4-6-19(17-18)30-27(33)24-11-10-22-21-9-12-25-29(3,23(21)13-15-28(22,24)2)16-14-26(32)31(25)20-7-8-20/h4-6,12,17,20-24H,7-11,13-16H2,1-3H3,(H,30,33)/t21-,22-,23-,24+,28-,29+/m0/s1. The zero-order valence-electron chi connectivity index (χ0n) is 20.4. The van der Waals surface area contributed by atoms with E-state index in [9.17, 15) is 9.59 Å². The number of aryl methyl sites for hydroxylation is 1. The van der Waals surface area contributed by atoms with Crippen LogP contribution < -0.4 is 5.32 Å². The maximum absolute atomic E-state index is 13.4. The first-order valence-corrected chi connectivity index (χ1v) is 13.2. The van der Waals surface area contributed by atoms with E-state index in [2.05, 4.69) is 49.2 Å². The van der Waals surface area contributed by atoms with E-state index in [-0.39, 0.29) is 22.7 Å². The molecule has 176 valence electrons. The molecule has 5 aliphatic rings. The molecule has 3 saturated carbocycles. The van der Waals surface area contributed by atoms with Gasteiger partial charge in [0.15, 0.2) is 0 Å². The first kappa shape index (κ1) is 21.4. The fourth-order valence-electron chi connectivity index (χ4n) is 8.50. The lowest BCUT2D eigenvalue weighted by Crippen LogP contribution is -2.55. The van der Waals surface area contributed by atoms with Gasteiger partial charge in [-0.25, -0.2) is 0 Å². The van der Waals surface area contributed by atoms with Crippen LogP contribution in [0.1, 0.15) is 77.2 Å². The lowest BCUT2D eigenvalue weighted by atomic mass is 9.49. The molecule has 1 N–H and O–H groups in total. The molecule has 6 rings (SSSR count). The van der Waals surface area contributed by atoms with Crippen LogP contribution in [0.4, 0.5) is 5.69 Å². The van der Waals surface area contributed by atoms with Crippen LogP contribution in [-0.4, -0.2) is 22.8 Å². The number of nitrogens with zero attached hydrogens (tertiary/aromatic N) is 1. The average Bonchev–Trinajstić information content (AvgIpc) is 3.54. The summed E-state index contributed by atoms with van der Waals surface area (Å²) in [4.78, 5) is 28.4. The molecule has 0 spiro atoms. The number of hydrogen-bond acceptors (Lipinski definition) is 2. The number of hydrogen-bond donors (Lipinski definition) is 1. The molecule has 33 heavy (non-hydrogen) atoms. The van der Waals surface area contributed by atoms with Crippen LogP contribution in [-0.2, 0) is 9.59 Å². The third kappa shape index (κ3) is 3.23. The van der Waals surface area contributed by atoms with Crippen molar-refractivity contribution in [2.45, 2.75) is 84.6 Å².